The van der Waals surface area contributed by atoms with Crippen LogP contribution in [-0.2, 0) is 6.54 Å². The van der Waals surface area contributed by atoms with Gasteiger partial charge in [-0.1, -0.05) is 33.6 Å². The number of hydrogen-bond donors (Lipinski definition) is 1. The third kappa shape index (κ3) is 3.29. The first-order valence-corrected chi connectivity index (χ1v) is 7.66. The van der Waals surface area contributed by atoms with E-state index in [0.717, 1.165) is 10.0 Å². The van der Waals surface area contributed by atoms with E-state index in [-0.39, 0.29) is 17.9 Å². The van der Waals surface area contributed by atoms with Gasteiger partial charge in [-0.05, 0) is 31.2 Å². The van der Waals surface area contributed by atoms with Gasteiger partial charge in [0.25, 0.3) is 5.56 Å². The maximum atomic E-state index is 12.6. The first kappa shape index (κ1) is 15.7. The molecule has 0 aliphatic rings. The van der Waals surface area contributed by atoms with Gasteiger partial charge in [0.1, 0.15) is 5.75 Å². The van der Waals surface area contributed by atoms with Crippen molar-refractivity contribution in [3.8, 4) is 5.75 Å². The summed E-state index contributed by atoms with van der Waals surface area (Å²) in [4.78, 5) is 12.0. The molecule has 0 atom stereocenters. The Bertz CT molecular complexity index is 918. The number of rotatable bonds is 4. The van der Waals surface area contributed by atoms with Gasteiger partial charge in [-0.2, -0.15) is 8.78 Å². The molecule has 0 fully saturated rings. The number of hydrogen-bond acceptors (Lipinski definition) is 2. The third-order valence-electron chi connectivity index (χ3n) is 3.49. The molecule has 0 amide bonds. The van der Waals surface area contributed by atoms with Crippen molar-refractivity contribution >= 4 is 26.8 Å². The van der Waals surface area contributed by atoms with E-state index in [4.69, 9.17) is 0 Å². The number of aromatic amines is 1. The molecule has 0 aliphatic heterocycles. The average molecular weight is 383 g/mol. The average Bonchev–Trinajstić information content (AvgIpc) is 2.77. The molecule has 1 N–H and O–H groups in total. The number of fused-ring (bicyclic) bond motifs is 1. The fourth-order valence-electron chi connectivity index (χ4n) is 2.50. The monoisotopic (exact) mass is 382 g/mol. The van der Waals surface area contributed by atoms with Crippen LogP contribution in [-0.4, -0.2) is 16.4 Å². The molecule has 0 bridgehead atoms. The van der Waals surface area contributed by atoms with Crippen LogP contribution in [0.1, 0.15) is 11.1 Å². The van der Waals surface area contributed by atoms with E-state index < -0.39 is 6.61 Å². The molecule has 0 saturated carbocycles. The SMILES string of the molecule is Cc1ccc(OC(F)F)c(Cn2[nH]c(=O)c3ccc(Br)cc32)c1. The zero-order valence-corrected chi connectivity index (χ0v) is 13.7. The van der Waals surface area contributed by atoms with Crippen molar-refractivity contribution in [3.63, 3.8) is 0 Å². The molecule has 120 valence electrons. The molecule has 0 aliphatic carbocycles. The van der Waals surface area contributed by atoms with Crippen LogP contribution in [0.2, 0.25) is 0 Å². The minimum Gasteiger partial charge on any atom is -0.434 e. The fraction of sp³-hybridized carbons (Fsp3) is 0.188. The number of aryl methyl sites for hydroxylation is 1. The van der Waals surface area contributed by atoms with Gasteiger partial charge in [0.15, 0.2) is 0 Å². The van der Waals surface area contributed by atoms with E-state index in [9.17, 15) is 13.6 Å². The zero-order chi connectivity index (χ0) is 16.6. The van der Waals surface area contributed by atoms with Crippen molar-refractivity contribution < 1.29 is 13.5 Å². The Hall–Kier alpha value is -2.15. The predicted molar refractivity (Wildman–Crippen MR) is 87.2 cm³/mol. The van der Waals surface area contributed by atoms with Crippen molar-refractivity contribution in [1.82, 2.24) is 9.78 Å². The first-order chi connectivity index (χ1) is 10.9. The lowest BCUT2D eigenvalue weighted by Gasteiger charge is -2.12. The van der Waals surface area contributed by atoms with E-state index in [1.165, 1.54) is 6.07 Å². The van der Waals surface area contributed by atoms with Gasteiger partial charge < -0.3 is 4.74 Å². The summed E-state index contributed by atoms with van der Waals surface area (Å²) in [5.41, 5.74) is 1.95. The third-order valence-corrected chi connectivity index (χ3v) is 3.99. The minimum absolute atomic E-state index is 0.100. The molecule has 0 unspecified atom stereocenters. The Morgan fingerprint density at radius 1 is 1.26 bits per heavy atom. The summed E-state index contributed by atoms with van der Waals surface area (Å²) in [6, 6.07) is 10.3. The summed E-state index contributed by atoms with van der Waals surface area (Å²) in [6.07, 6.45) is 0. The first-order valence-electron chi connectivity index (χ1n) is 6.86. The van der Waals surface area contributed by atoms with Gasteiger partial charge in [-0.25, -0.2) is 0 Å². The molecule has 0 spiro atoms. The number of benzene rings is 2. The lowest BCUT2D eigenvalue weighted by Crippen LogP contribution is -2.10. The largest absolute Gasteiger partial charge is 0.434 e. The molecule has 0 saturated heterocycles. The normalized spacial score (nSPS) is 11.3. The van der Waals surface area contributed by atoms with Crippen LogP contribution in [0.25, 0.3) is 10.9 Å². The molecule has 0 radical (unpaired) electrons. The number of halogens is 3. The number of aromatic nitrogens is 2. The Morgan fingerprint density at radius 3 is 2.78 bits per heavy atom. The number of ether oxygens (including phenoxy) is 1. The van der Waals surface area contributed by atoms with E-state index in [1.807, 2.05) is 6.92 Å². The highest BCUT2D eigenvalue weighted by Gasteiger charge is 2.13. The van der Waals surface area contributed by atoms with Crippen LogP contribution in [0.3, 0.4) is 0 Å². The summed E-state index contributed by atoms with van der Waals surface area (Å²) in [7, 11) is 0. The zero-order valence-electron chi connectivity index (χ0n) is 12.1. The maximum absolute atomic E-state index is 12.6. The molecule has 7 heteroatoms. The van der Waals surface area contributed by atoms with Gasteiger partial charge >= 0.3 is 6.61 Å². The van der Waals surface area contributed by atoms with Gasteiger partial charge in [-0.15, -0.1) is 0 Å². The van der Waals surface area contributed by atoms with E-state index in [2.05, 4.69) is 25.8 Å². The van der Waals surface area contributed by atoms with Crippen LogP contribution in [0.4, 0.5) is 8.78 Å². The van der Waals surface area contributed by atoms with Gasteiger partial charge in [-0.3, -0.25) is 14.6 Å². The molecular weight excluding hydrogens is 370 g/mol. The van der Waals surface area contributed by atoms with Crippen LogP contribution >= 0.6 is 15.9 Å². The molecule has 2 aromatic carbocycles. The number of H-pyrrole nitrogens is 1. The topological polar surface area (TPSA) is 47.0 Å². The van der Waals surface area contributed by atoms with Crippen molar-refractivity contribution in [1.29, 1.82) is 0 Å². The number of nitrogens with zero attached hydrogens (tertiary/aromatic N) is 1. The van der Waals surface area contributed by atoms with Crippen molar-refractivity contribution in [2.45, 2.75) is 20.1 Å². The standard InChI is InChI=1S/C16H13BrF2N2O2/c1-9-2-5-14(23-16(18)19)10(6-9)8-21-13-7-11(17)3-4-12(13)15(22)20-21/h2-7,16H,8H2,1H3,(H,20,22). The summed E-state index contributed by atoms with van der Waals surface area (Å²) < 4.78 is 32.1. The summed E-state index contributed by atoms with van der Waals surface area (Å²) >= 11 is 3.37. The quantitative estimate of drug-likeness (QED) is 0.739. The molecule has 3 aromatic rings. The Labute approximate surface area is 138 Å². The van der Waals surface area contributed by atoms with Crippen LogP contribution < -0.4 is 10.3 Å². The van der Waals surface area contributed by atoms with Crippen molar-refractivity contribution in [2.24, 2.45) is 0 Å². The molecular formula is C16H13BrF2N2O2. The second kappa shape index (κ2) is 6.16. The van der Waals surface area contributed by atoms with E-state index in [0.29, 0.717) is 16.5 Å². The van der Waals surface area contributed by atoms with Crippen LogP contribution in [0.15, 0.2) is 45.7 Å². The molecule has 23 heavy (non-hydrogen) atoms. The van der Waals surface area contributed by atoms with E-state index in [1.54, 1.807) is 35.0 Å². The Morgan fingerprint density at radius 2 is 2.04 bits per heavy atom. The molecule has 1 heterocycles. The number of alkyl halides is 2. The molecule has 4 nitrogen and oxygen atoms in total. The highest BCUT2D eigenvalue weighted by atomic mass is 79.9. The molecule has 3 rings (SSSR count). The van der Waals surface area contributed by atoms with Crippen molar-refractivity contribution in [2.75, 3.05) is 0 Å². The summed E-state index contributed by atoms with van der Waals surface area (Å²) in [5, 5.41) is 3.26. The van der Waals surface area contributed by atoms with Gasteiger partial charge in [0, 0.05) is 10.0 Å². The van der Waals surface area contributed by atoms with Gasteiger partial charge in [0.2, 0.25) is 0 Å². The molecule has 1 aromatic heterocycles. The van der Waals surface area contributed by atoms with Crippen LogP contribution in [0.5, 0.6) is 5.75 Å². The lowest BCUT2D eigenvalue weighted by molar-refractivity contribution is -0.0505. The highest BCUT2D eigenvalue weighted by molar-refractivity contribution is 9.10. The smallest absolute Gasteiger partial charge is 0.387 e. The van der Waals surface area contributed by atoms with Crippen molar-refractivity contribution in [3.05, 3.63) is 62.4 Å². The minimum atomic E-state index is -2.90. The lowest BCUT2D eigenvalue weighted by atomic mass is 10.1. The number of nitrogens with one attached hydrogen (secondary N) is 1. The second-order valence-corrected chi connectivity index (χ2v) is 6.09. The summed E-state index contributed by atoms with van der Waals surface area (Å²) in [5.74, 6) is 0.100. The van der Waals surface area contributed by atoms with Gasteiger partial charge in [0.05, 0.1) is 17.4 Å². The van der Waals surface area contributed by atoms with E-state index >= 15 is 0 Å². The fourth-order valence-corrected chi connectivity index (χ4v) is 2.85. The Balaban J connectivity index is 2.07. The predicted octanol–water partition coefficient (Wildman–Crippen LogP) is 4.05. The summed E-state index contributed by atoms with van der Waals surface area (Å²) in [6.45, 7) is -0.812. The van der Waals surface area contributed by atoms with Crippen LogP contribution in [0, 0.1) is 6.92 Å². The highest BCUT2D eigenvalue weighted by Crippen LogP contribution is 2.24. The Kier molecular flexibility index (Phi) is 4.21. The maximum Gasteiger partial charge on any atom is 0.387 e. The second-order valence-electron chi connectivity index (χ2n) is 5.18.